The number of halogens is 1. The van der Waals surface area contributed by atoms with Gasteiger partial charge >= 0.3 is 0 Å². The van der Waals surface area contributed by atoms with E-state index in [4.69, 9.17) is 22.2 Å². The van der Waals surface area contributed by atoms with E-state index in [9.17, 15) is 8.42 Å². The number of anilines is 1. The molecule has 0 saturated carbocycles. The van der Waals surface area contributed by atoms with Crippen molar-refractivity contribution in [2.24, 2.45) is 0 Å². The summed E-state index contributed by atoms with van der Waals surface area (Å²) in [6.45, 7) is 0.785. The molecule has 0 aromatic heterocycles. The molecule has 5 nitrogen and oxygen atoms in total. The summed E-state index contributed by atoms with van der Waals surface area (Å²) in [6, 6.07) is 4.20. The van der Waals surface area contributed by atoms with Crippen molar-refractivity contribution in [3.05, 3.63) is 23.2 Å². The Hall–Kier alpha value is -0.820. The predicted molar refractivity (Wildman–Crippen MR) is 60.3 cm³/mol. The Kier molecular flexibility index (Phi) is 3.07. The van der Waals surface area contributed by atoms with E-state index in [-0.39, 0.29) is 10.6 Å². The minimum absolute atomic E-state index is 0.0938. The zero-order valence-corrected chi connectivity index (χ0v) is 9.96. The van der Waals surface area contributed by atoms with Gasteiger partial charge in [-0.3, -0.25) is 4.84 Å². The summed E-state index contributed by atoms with van der Waals surface area (Å²) in [4.78, 5) is 5.11. The summed E-state index contributed by atoms with van der Waals surface area (Å²) in [6.07, 6.45) is 0.697. The number of hydrogen-bond acceptors (Lipinski definition) is 4. The van der Waals surface area contributed by atoms with Crippen LogP contribution in [0.25, 0.3) is 0 Å². The number of benzene rings is 1. The Bertz CT molecular complexity index is 497. The molecule has 0 bridgehead atoms. The third-order valence-electron chi connectivity index (χ3n) is 2.25. The van der Waals surface area contributed by atoms with E-state index < -0.39 is 10.0 Å². The van der Waals surface area contributed by atoms with Gasteiger partial charge in [-0.1, -0.05) is 16.1 Å². The quantitative estimate of drug-likeness (QED) is 0.814. The van der Waals surface area contributed by atoms with Crippen molar-refractivity contribution in [2.75, 3.05) is 18.9 Å². The highest BCUT2D eigenvalue weighted by Gasteiger charge is 2.28. The molecule has 0 radical (unpaired) electrons. The van der Waals surface area contributed by atoms with Crippen LogP contribution in [0.3, 0.4) is 0 Å². The van der Waals surface area contributed by atoms with Crippen LogP contribution in [0, 0.1) is 0 Å². The molecule has 7 heteroatoms. The van der Waals surface area contributed by atoms with E-state index in [1.54, 1.807) is 0 Å². The van der Waals surface area contributed by atoms with Gasteiger partial charge in [0.15, 0.2) is 0 Å². The van der Waals surface area contributed by atoms with Crippen molar-refractivity contribution in [1.29, 1.82) is 0 Å². The first kappa shape index (κ1) is 11.7. The number of hydroxylamine groups is 1. The van der Waals surface area contributed by atoms with Crippen LogP contribution in [-0.4, -0.2) is 26.0 Å². The minimum atomic E-state index is -3.61. The van der Waals surface area contributed by atoms with Gasteiger partial charge in [0, 0.05) is 6.54 Å². The van der Waals surface area contributed by atoms with Crippen LogP contribution in [0.15, 0.2) is 23.1 Å². The lowest BCUT2D eigenvalue weighted by molar-refractivity contribution is -0.0284. The lowest BCUT2D eigenvalue weighted by Gasteiger charge is -2.14. The van der Waals surface area contributed by atoms with Gasteiger partial charge in [0.25, 0.3) is 10.0 Å². The van der Waals surface area contributed by atoms with Gasteiger partial charge in [-0.15, -0.1) is 0 Å². The molecule has 2 N–H and O–H groups in total. The molecule has 2 rings (SSSR count). The highest BCUT2D eigenvalue weighted by molar-refractivity contribution is 7.89. The maximum Gasteiger partial charge on any atom is 0.265 e. The fourth-order valence-corrected chi connectivity index (χ4v) is 2.87. The van der Waals surface area contributed by atoms with Gasteiger partial charge in [-0.25, -0.2) is 8.42 Å². The fourth-order valence-electron chi connectivity index (χ4n) is 1.41. The Morgan fingerprint density at radius 2 is 2.19 bits per heavy atom. The van der Waals surface area contributed by atoms with Crippen LogP contribution in [0.5, 0.6) is 0 Å². The van der Waals surface area contributed by atoms with Gasteiger partial charge in [-0.05, 0) is 24.6 Å². The van der Waals surface area contributed by atoms with Gasteiger partial charge in [0.1, 0.15) is 0 Å². The average molecular weight is 263 g/mol. The molecule has 0 unspecified atom stereocenters. The highest BCUT2D eigenvalue weighted by atomic mass is 35.5. The monoisotopic (exact) mass is 262 g/mol. The Morgan fingerprint density at radius 3 is 2.75 bits per heavy atom. The molecule has 16 heavy (non-hydrogen) atoms. The number of rotatable bonds is 2. The summed E-state index contributed by atoms with van der Waals surface area (Å²) in [5.74, 6) is 0. The van der Waals surface area contributed by atoms with E-state index in [0.29, 0.717) is 24.6 Å². The van der Waals surface area contributed by atoms with Gasteiger partial charge in [0.05, 0.1) is 22.2 Å². The second-order valence-corrected chi connectivity index (χ2v) is 5.64. The fraction of sp³-hybridized carbons (Fsp3) is 0.333. The van der Waals surface area contributed by atoms with Crippen LogP contribution >= 0.6 is 11.6 Å². The molecule has 1 aromatic rings. The van der Waals surface area contributed by atoms with Crippen LogP contribution in [0.1, 0.15) is 6.42 Å². The molecule has 0 spiro atoms. The van der Waals surface area contributed by atoms with Crippen LogP contribution in [-0.2, 0) is 14.9 Å². The third-order valence-corrected chi connectivity index (χ3v) is 4.27. The molecule has 0 aliphatic carbocycles. The van der Waals surface area contributed by atoms with Gasteiger partial charge < -0.3 is 5.73 Å². The Morgan fingerprint density at radius 1 is 1.44 bits per heavy atom. The molecule has 1 aromatic carbocycles. The maximum absolute atomic E-state index is 12.0. The van der Waals surface area contributed by atoms with Crippen LogP contribution in [0.4, 0.5) is 5.69 Å². The van der Waals surface area contributed by atoms with Crippen molar-refractivity contribution in [3.63, 3.8) is 0 Å². The third kappa shape index (κ3) is 2.01. The molecule has 88 valence electrons. The van der Waals surface area contributed by atoms with Crippen molar-refractivity contribution < 1.29 is 13.3 Å². The molecule has 1 saturated heterocycles. The molecule has 1 fully saturated rings. The normalized spacial score (nSPS) is 17.8. The minimum Gasteiger partial charge on any atom is -0.397 e. The summed E-state index contributed by atoms with van der Waals surface area (Å²) < 4.78 is 25.0. The Balaban J connectivity index is 2.39. The lowest BCUT2D eigenvalue weighted by atomic mass is 10.3. The highest BCUT2D eigenvalue weighted by Crippen LogP contribution is 2.25. The summed E-state index contributed by atoms with van der Waals surface area (Å²) >= 11 is 5.73. The first-order chi connectivity index (χ1) is 7.51. The number of nitrogens with two attached hydrogens (primary N) is 1. The number of nitrogens with zero attached hydrogens (tertiary/aromatic N) is 1. The molecule has 1 aliphatic heterocycles. The van der Waals surface area contributed by atoms with E-state index in [0.717, 1.165) is 4.47 Å². The molecular weight excluding hydrogens is 252 g/mol. The largest absolute Gasteiger partial charge is 0.397 e. The van der Waals surface area contributed by atoms with Crippen LogP contribution in [0.2, 0.25) is 5.02 Å². The van der Waals surface area contributed by atoms with Gasteiger partial charge in [0.2, 0.25) is 0 Å². The lowest BCUT2D eigenvalue weighted by Crippen LogP contribution is -2.26. The van der Waals surface area contributed by atoms with E-state index >= 15 is 0 Å². The smallest absolute Gasteiger partial charge is 0.265 e. The zero-order chi connectivity index (χ0) is 11.8. The van der Waals surface area contributed by atoms with Crippen molar-refractivity contribution >= 4 is 27.3 Å². The number of sulfonamides is 1. The summed E-state index contributed by atoms with van der Waals surface area (Å²) in [7, 11) is -3.61. The SMILES string of the molecule is Nc1cc(S(=O)(=O)N2CCCO2)ccc1Cl. The van der Waals surface area contributed by atoms with Crippen molar-refractivity contribution in [3.8, 4) is 0 Å². The first-order valence-electron chi connectivity index (χ1n) is 4.72. The van der Waals surface area contributed by atoms with Gasteiger partial charge in [-0.2, -0.15) is 0 Å². The maximum atomic E-state index is 12.0. The van der Waals surface area contributed by atoms with Crippen molar-refractivity contribution in [2.45, 2.75) is 11.3 Å². The Labute approximate surface area is 98.8 Å². The first-order valence-corrected chi connectivity index (χ1v) is 6.54. The standard InChI is InChI=1S/C9H11ClN2O3S/c10-8-3-2-7(6-9(8)11)16(13,14)12-4-1-5-15-12/h2-3,6H,1,4-5,11H2. The summed E-state index contributed by atoms with van der Waals surface area (Å²) in [5, 5.41) is 0.335. The average Bonchev–Trinajstić information content (AvgIpc) is 2.75. The second-order valence-electron chi connectivity index (χ2n) is 3.40. The van der Waals surface area contributed by atoms with Crippen molar-refractivity contribution in [1.82, 2.24) is 4.47 Å². The van der Waals surface area contributed by atoms with E-state index in [1.807, 2.05) is 0 Å². The van der Waals surface area contributed by atoms with Crippen LogP contribution < -0.4 is 5.73 Å². The molecular formula is C9H11ClN2O3S. The molecule has 1 heterocycles. The number of hydrogen-bond donors (Lipinski definition) is 1. The summed E-state index contributed by atoms with van der Waals surface area (Å²) in [5.41, 5.74) is 5.80. The van der Waals surface area contributed by atoms with E-state index in [1.165, 1.54) is 18.2 Å². The molecule has 0 amide bonds. The topological polar surface area (TPSA) is 72.6 Å². The van der Waals surface area contributed by atoms with E-state index in [2.05, 4.69) is 0 Å². The second kappa shape index (κ2) is 4.21. The number of nitrogen functional groups attached to an aromatic ring is 1. The molecule has 1 aliphatic rings. The predicted octanol–water partition coefficient (Wildman–Crippen LogP) is 1.25. The zero-order valence-electron chi connectivity index (χ0n) is 8.39. The molecule has 0 atom stereocenters.